The minimum atomic E-state index is 0.300. The van der Waals surface area contributed by atoms with Gasteiger partial charge >= 0.3 is 0 Å². The molecular weight excluding hydrogens is 292 g/mol. The molecule has 0 aliphatic heterocycles. The van der Waals surface area contributed by atoms with E-state index in [0.29, 0.717) is 28.4 Å². The van der Waals surface area contributed by atoms with Gasteiger partial charge in [0.15, 0.2) is 5.78 Å². The van der Waals surface area contributed by atoms with Crippen molar-refractivity contribution in [3.63, 3.8) is 0 Å². The van der Waals surface area contributed by atoms with Crippen molar-refractivity contribution in [2.45, 2.75) is 72.1 Å². The van der Waals surface area contributed by atoms with Crippen LogP contribution in [0, 0.1) is 52.8 Å². The maximum absolute atomic E-state index is 11.9. The summed E-state index contributed by atoms with van der Waals surface area (Å²) in [6.45, 7) is 7.29. The summed E-state index contributed by atoms with van der Waals surface area (Å²) in [5.41, 5.74) is 2.23. The van der Waals surface area contributed by atoms with E-state index in [9.17, 15) is 4.79 Å². The largest absolute Gasteiger partial charge is 0.295 e. The molecule has 0 amide bonds. The number of carbonyl (C=O) groups is 1. The second-order valence-corrected chi connectivity index (χ2v) is 9.65. The Bertz CT molecular complexity index is 622. The lowest BCUT2D eigenvalue weighted by Gasteiger charge is -2.58. The van der Waals surface area contributed by atoms with Crippen LogP contribution in [0.15, 0.2) is 11.6 Å². The van der Waals surface area contributed by atoms with E-state index in [1.54, 1.807) is 0 Å². The summed E-state index contributed by atoms with van der Waals surface area (Å²) in [5, 5.41) is 0. The summed E-state index contributed by atoms with van der Waals surface area (Å²) in [6.07, 6.45) is 17.5. The van der Waals surface area contributed by atoms with E-state index in [-0.39, 0.29) is 0 Å². The summed E-state index contributed by atoms with van der Waals surface area (Å²) in [7, 11) is 0. The summed E-state index contributed by atoms with van der Waals surface area (Å²) in [6, 6.07) is 0. The summed E-state index contributed by atoms with van der Waals surface area (Å²) in [4.78, 5) is 11.9. The zero-order chi connectivity index (χ0) is 17.1. The Balaban J connectivity index is 1.65. The Labute approximate surface area is 147 Å². The van der Waals surface area contributed by atoms with Gasteiger partial charge < -0.3 is 0 Å². The van der Waals surface area contributed by atoms with Gasteiger partial charge in [-0.15, -0.1) is 12.3 Å². The average molecular weight is 325 g/mol. The highest BCUT2D eigenvalue weighted by molar-refractivity contribution is 5.91. The summed E-state index contributed by atoms with van der Waals surface area (Å²) >= 11 is 0. The molecule has 3 unspecified atom stereocenters. The third-order valence-electron chi connectivity index (χ3n) is 8.90. The Morgan fingerprint density at radius 1 is 1.12 bits per heavy atom. The molecule has 4 aliphatic rings. The molecule has 0 radical (unpaired) electrons. The first-order chi connectivity index (χ1) is 11.4. The van der Waals surface area contributed by atoms with Crippen LogP contribution < -0.4 is 0 Å². The molecule has 0 aromatic carbocycles. The number of carbonyl (C=O) groups excluding carboxylic acids is 1. The van der Waals surface area contributed by atoms with Crippen molar-refractivity contribution >= 4 is 5.78 Å². The third kappa shape index (κ3) is 2.11. The lowest BCUT2D eigenvalue weighted by Crippen LogP contribution is -2.50. The van der Waals surface area contributed by atoms with Crippen molar-refractivity contribution in [3.05, 3.63) is 11.6 Å². The molecule has 1 nitrogen and oxygen atoms in total. The SMILES string of the molecule is C#C[C@@H](C)[C@H]1CCC2C3CCC4=CC(=O)CC[C@]4(C)C3CC[C@@]21C. The third-order valence-corrected chi connectivity index (χ3v) is 8.90. The normalized spacial score (nSPS) is 48.6. The second-order valence-electron chi connectivity index (χ2n) is 9.65. The van der Waals surface area contributed by atoms with E-state index in [1.165, 1.54) is 37.7 Å². The molecule has 3 saturated carbocycles. The molecule has 0 bridgehead atoms. The molecule has 0 spiro atoms. The fraction of sp³-hybridized carbons (Fsp3) is 0.783. The number of ketones is 1. The predicted octanol–water partition coefficient (Wildman–Crippen LogP) is 5.40. The van der Waals surface area contributed by atoms with E-state index in [2.05, 4.69) is 26.7 Å². The molecule has 130 valence electrons. The molecule has 4 rings (SSSR count). The number of fused-ring (bicyclic) bond motifs is 5. The van der Waals surface area contributed by atoms with Gasteiger partial charge in [0.2, 0.25) is 0 Å². The van der Waals surface area contributed by atoms with Crippen LogP contribution in [0.3, 0.4) is 0 Å². The Hall–Kier alpha value is -1.03. The first-order valence-corrected chi connectivity index (χ1v) is 10.1. The van der Waals surface area contributed by atoms with E-state index in [0.717, 1.165) is 37.0 Å². The molecule has 0 aromatic rings. The Morgan fingerprint density at radius 3 is 2.67 bits per heavy atom. The van der Waals surface area contributed by atoms with Crippen LogP contribution in [0.4, 0.5) is 0 Å². The highest BCUT2D eigenvalue weighted by Crippen LogP contribution is 2.67. The van der Waals surface area contributed by atoms with Gasteiger partial charge in [-0.05, 0) is 85.5 Å². The zero-order valence-corrected chi connectivity index (χ0v) is 15.6. The topological polar surface area (TPSA) is 17.1 Å². The van der Waals surface area contributed by atoms with Crippen LogP contribution in [0.2, 0.25) is 0 Å². The molecule has 0 aromatic heterocycles. The van der Waals surface area contributed by atoms with Gasteiger partial charge in [0.25, 0.3) is 0 Å². The fourth-order valence-electron chi connectivity index (χ4n) is 7.54. The summed E-state index contributed by atoms with van der Waals surface area (Å²) in [5.74, 6) is 7.05. The second kappa shape index (κ2) is 5.48. The Kier molecular flexibility index (Phi) is 3.76. The van der Waals surface area contributed by atoms with Crippen LogP contribution >= 0.6 is 0 Å². The zero-order valence-electron chi connectivity index (χ0n) is 15.6. The van der Waals surface area contributed by atoms with Crippen LogP contribution in [0.25, 0.3) is 0 Å². The quantitative estimate of drug-likeness (QED) is 0.590. The van der Waals surface area contributed by atoms with Crippen molar-refractivity contribution in [2.75, 3.05) is 0 Å². The molecule has 3 fully saturated rings. The number of hydrogen-bond acceptors (Lipinski definition) is 1. The minimum absolute atomic E-state index is 0.300. The molecule has 24 heavy (non-hydrogen) atoms. The van der Waals surface area contributed by atoms with E-state index < -0.39 is 0 Å². The summed E-state index contributed by atoms with van der Waals surface area (Å²) < 4.78 is 0. The van der Waals surface area contributed by atoms with Crippen molar-refractivity contribution in [1.29, 1.82) is 0 Å². The van der Waals surface area contributed by atoms with Crippen molar-refractivity contribution in [2.24, 2.45) is 40.4 Å². The highest BCUT2D eigenvalue weighted by Gasteiger charge is 2.59. The predicted molar refractivity (Wildman–Crippen MR) is 98.2 cm³/mol. The number of hydrogen-bond donors (Lipinski definition) is 0. The number of allylic oxidation sites excluding steroid dienone is 1. The maximum Gasteiger partial charge on any atom is 0.155 e. The minimum Gasteiger partial charge on any atom is -0.295 e. The Morgan fingerprint density at radius 2 is 1.92 bits per heavy atom. The highest BCUT2D eigenvalue weighted by atomic mass is 16.1. The van der Waals surface area contributed by atoms with Crippen molar-refractivity contribution in [1.82, 2.24) is 0 Å². The van der Waals surface area contributed by atoms with E-state index >= 15 is 0 Å². The van der Waals surface area contributed by atoms with Crippen LogP contribution in [-0.4, -0.2) is 5.78 Å². The average Bonchev–Trinajstić information content (AvgIpc) is 2.92. The maximum atomic E-state index is 11.9. The monoisotopic (exact) mass is 324 g/mol. The van der Waals surface area contributed by atoms with Crippen LogP contribution in [-0.2, 0) is 4.79 Å². The van der Waals surface area contributed by atoms with Gasteiger partial charge in [0.1, 0.15) is 0 Å². The first-order valence-electron chi connectivity index (χ1n) is 10.1. The molecule has 7 atom stereocenters. The van der Waals surface area contributed by atoms with Gasteiger partial charge in [-0.3, -0.25) is 4.79 Å². The number of terminal acetylenes is 1. The lowest BCUT2D eigenvalue weighted by molar-refractivity contribution is -0.117. The molecule has 0 heterocycles. The first kappa shape index (κ1) is 16.4. The smallest absolute Gasteiger partial charge is 0.155 e. The van der Waals surface area contributed by atoms with Gasteiger partial charge in [0.05, 0.1) is 0 Å². The number of rotatable bonds is 1. The molecule has 4 aliphatic carbocycles. The standard InChI is InChI=1S/C23H32O/c1-5-15(2)19-8-9-20-18-7-6-16-14-17(24)10-12-22(16,3)21(18)11-13-23(19,20)4/h1,14-15,18-21H,6-13H2,2-4H3/t15-,18?,19-,20?,21?,22+,23-/m1/s1. The van der Waals surface area contributed by atoms with Gasteiger partial charge in [0, 0.05) is 12.3 Å². The van der Waals surface area contributed by atoms with E-state index in [4.69, 9.17) is 6.42 Å². The molecule has 1 heteroatoms. The molecule has 0 N–H and O–H groups in total. The van der Waals surface area contributed by atoms with E-state index in [1.807, 2.05) is 6.08 Å². The van der Waals surface area contributed by atoms with Crippen LogP contribution in [0.5, 0.6) is 0 Å². The lowest BCUT2D eigenvalue weighted by atomic mass is 9.46. The fourth-order valence-corrected chi connectivity index (χ4v) is 7.54. The van der Waals surface area contributed by atoms with Crippen LogP contribution in [0.1, 0.15) is 72.1 Å². The van der Waals surface area contributed by atoms with Gasteiger partial charge in [-0.25, -0.2) is 0 Å². The van der Waals surface area contributed by atoms with Gasteiger partial charge in [-0.2, -0.15) is 0 Å². The van der Waals surface area contributed by atoms with Gasteiger partial charge in [-0.1, -0.05) is 26.3 Å². The molecular formula is C23H32O. The van der Waals surface area contributed by atoms with Crippen molar-refractivity contribution < 1.29 is 4.79 Å². The van der Waals surface area contributed by atoms with Crippen molar-refractivity contribution in [3.8, 4) is 12.3 Å². The molecule has 0 saturated heterocycles.